The molecule has 2 aromatic rings. The predicted octanol–water partition coefficient (Wildman–Crippen LogP) is 8.34. The molecule has 0 amide bonds. The molecule has 202 valence electrons. The largest absolute Gasteiger partial charge is 0.460 e. The fourth-order valence-electron chi connectivity index (χ4n) is 3.43. The van der Waals surface area contributed by atoms with Gasteiger partial charge in [0.2, 0.25) is 0 Å². The van der Waals surface area contributed by atoms with E-state index in [0.717, 1.165) is 6.07 Å². The van der Waals surface area contributed by atoms with Crippen LogP contribution in [0.15, 0.2) is 54.6 Å². The molecule has 0 radical (unpaired) electrons. The van der Waals surface area contributed by atoms with E-state index < -0.39 is 47.8 Å². The average Bonchev–Trinajstić information content (AvgIpc) is 2.78. The molecular weight excluding hydrogens is 527 g/mol. The summed E-state index contributed by atoms with van der Waals surface area (Å²) in [6.45, 7) is 0.708. The van der Waals surface area contributed by atoms with Gasteiger partial charge in [-0.05, 0) is 23.6 Å². The molecule has 0 N–H and O–H groups in total. The highest BCUT2D eigenvalue weighted by molar-refractivity contribution is 5.68. The fourth-order valence-corrected chi connectivity index (χ4v) is 3.43. The quantitative estimate of drug-likeness (QED) is 0.289. The summed E-state index contributed by atoms with van der Waals surface area (Å²) in [5.41, 5.74) is -2.57. The zero-order valence-electron chi connectivity index (χ0n) is 18.2. The molecule has 0 aliphatic carbocycles. The number of ether oxygens (including phenoxy) is 1. The molecule has 2 aromatic carbocycles. The Balaban J connectivity index is 2.60. The molecule has 0 aliphatic rings. The van der Waals surface area contributed by atoms with Gasteiger partial charge in [0.1, 0.15) is 0 Å². The number of alkyl halides is 13. The Labute approximate surface area is 195 Å². The molecule has 0 saturated carbocycles. The van der Waals surface area contributed by atoms with Crippen molar-refractivity contribution in [2.24, 2.45) is 0 Å². The second-order valence-electron chi connectivity index (χ2n) is 8.02. The van der Waals surface area contributed by atoms with Crippen molar-refractivity contribution >= 4 is 0 Å². The first-order valence-corrected chi connectivity index (χ1v) is 9.76. The number of rotatable bonds is 9. The van der Waals surface area contributed by atoms with Crippen molar-refractivity contribution in [2.45, 2.75) is 54.7 Å². The number of hydrogen-bond donors (Lipinski definition) is 0. The molecule has 0 aliphatic heterocycles. The topological polar surface area (TPSA) is 9.23 Å². The van der Waals surface area contributed by atoms with E-state index in [4.69, 9.17) is 4.74 Å². The van der Waals surface area contributed by atoms with Crippen LogP contribution in [-0.2, 0) is 10.3 Å². The monoisotopic (exact) mass is 544 g/mol. The lowest BCUT2D eigenvalue weighted by Gasteiger charge is -2.42. The third-order valence-electron chi connectivity index (χ3n) is 5.59. The number of methoxy groups -OCH3 is 1. The van der Waals surface area contributed by atoms with Gasteiger partial charge in [-0.1, -0.05) is 54.6 Å². The van der Waals surface area contributed by atoms with Gasteiger partial charge in [-0.15, -0.1) is 0 Å². The Bertz CT molecular complexity index is 1050. The Kier molecular flexibility index (Phi) is 7.52. The van der Waals surface area contributed by atoms with Crippen LogP contribution in [0.2, 0.25) is 0 Å². The molecule has 0 bridgehead atoms. The van der Waals surface area contributed by atoms with Gasteiger partial charge < -0.3 is 4.74 Å². The molecule has 0 heterocycles. The van der Waals surface area contributed by atoms with Crippen molar-refractivity contribution in [1.29, 1.82) is 0 Å². The van der Waals surface area contributed by atoms with Crippen molar-refractivity contribution in [1.82, 2.24) is 0 Å². The molecule has 14 heteroatoms. The van der Waals surface area contributed by atoms with E-state index in [9.17, 15) is 57.1 Å². The highest BCUT2D eigenvalue weighted by atomic mass is 19.4. The van der Waals surface area contributed by atoms with E-state index in [1.807, 2.05) is 0 Å². The van der Waals surface area contributed by atoms with Gasteiger partial charge in [0.15, 0.2) is 0 Å². The summed E-state index contributed by atoms with van der Waals surface area (Å²) in [6, 6.07) is 12.5. The van der Waals surface area contributed by atoms with E-state index in [0.29, 0.717) is 19.6 Å². The van der Waals surface area contributed by atoms with Gasteiger partial charge in [-0.2, -0.15) is 57.1 Å². The minimum Gasteiger partial charge on any atom is -0.374 e. The van der Waals surface area contributed by atoms with Gasteiger partial charge in [0.25, 0.3) is 0 Å². The molecule has 0 aromatic heterocycles. The van der Waals surface area contributed by atoms with Crippen LogP contribution in [-0.4, -0.2) is 42.9 Å². The highest BCUT2D eigenvalue weighted by Crippen LogP contribution is 2.61. The van der Waals surface area contributed by atoms with E-state index in [1.54, 1.807) is 6.07 Å². The maximum atomic E-state index is 14.6. The molecule has 1 nitrogen and oxygen atoms in total. The zero-order chi connectivity index (χ0) is 28.0. The lowest BCUT2D eigenvalue weighted by atomic mass is 9.81. The third-order valence-corrected chi connectivity index (χ3v) is 5.59. The van der Waals surface area contributed by atoms with E-state index in [1.165, 1.54) is 42.5 Å². The van der Waals surface area contributed by atoms with Crippen LogP contribution < -0.4 is 0 Å². The number of benzene rings is 2. The summed E-state index contributed by atoms with van der Waals surface area (Å²) >= 11 is 0. The molecule has 0 saturated heterocycles. The van der Waals surface area contributed by atoms with Gasteiger partial charge in [-0.25, -0.2) is 0 Å². The van der Waals surface area contributed by atoms with E-state index in [2.05, 4.69) is 0 Å². The second kappa shape index (κ2) is 9.10. The SMILES string of the molecule is COC(C)(CC(F)(F)C(F)(F)C(F)(F)C(F)(F)C(F)(F)C(F)(F)F)c1ccccc1-c1ccccc1. The van der Waals surface area contributed by atoms with Crippen LogP contribution >= 0.6 is 0 Å². The van der Waals surface area contributed by atoms with Crippen LogP contribution in [0.5, 0.6) is 0 Å². The normalized spacial score (nSPS) is 16.1. The summed E-state index contributed by atoms with van der Waals surface area (Å²) in [6.07, 6.45) is -9.96. The van der Waals surface area contributed by atoms with Gasteiger partial charge in [0, 0.05) is 7.11 Å². The van der Waals surface area contributed by atoms with Gasteiger partial charge >= 0.3 is 35.8 Å². The maximum absolute atomic E-state index is 14.6. The van der Waals surface area contributed by atoms with Crippen molar-refractivity contribution in [2.75, 3.05) is 7.11 Å². The molecule has 0 spiro atoms. The Morgan fingerprint density at radius 2 is 1.03 bits per heavy atom. The van der Waals surface area contributed by atoms with E-state index >= 15 is 0 Å². The lowest BCUT2D eigenvalue weighted by Crippen LogP contribution is -2.70. The third kappa shape index (κ3) is 4.52. The van der Waals surface area contributed by atoms with Gasteiger partial charge in [0.05, 0.1) is 12.0 Å². The first-order chi connectivity index (χ1) is 16.1. The molecule has 2 rings (SSSR count). The van der Waals surface area contributed by atoms with Gasteiger partial charge in [-0.3, -0.25) is 0 Å². The van der Waals surface area contributed by atoms with Crippen molar-refractivity contribution < 1.29 is 61.8 Å². The first kappa shape index (κ1) is 29.7. The summed E-state index contributed by atoms with van der Waals surface area (Å²) in [7, 11) is 0.695. The van der Waals surface area contributed by atoms with Crippen LogP contribution in [0.1, 0.15) is 18.9 Å². The van der Waals surface area contributed by atoms with Crippen LogP contribution in [0, 0.1) is 0 Å². The average molecular weight is 544 g/mol. The Morgan fingerprint density at radius 3 is 1.50 bits per heavy atom. The smallest absolute Gasteiger partial charge is 0.374 e. The molecule has 36 heavy (non-hydrogen) atoms. The lowest BCUT2D eigenvalue weighted by molar-refractivity contribution is -0.441. The van der Waals surface area contributed by atoms with E-state index in [-0.39, 0.29) is 11.1 Å². The second-order valence-corrected chi connectivity index (χ2v) is 8.02. The summed E-state index contributed by atoms with van der Waals surface area (Å²) < 4.78 is 181. The number of hydrogen-bond acceptors (Lipinski definition) is 1. The summed E-state index contributed by atoms with van der Waals surface area (Å²) in [5.74, 6) is -37.2. The highest BCUT2D eigenvalue weighted by Gasteiger charge is 2.90. The maximum Gasteiger partial charge on any atom is 0.460 e. The van der Waals surface area contributed by atoms with Crippen molar-refractivity contribution in [3.63, 3.8) is 0 Å². The summed E-state index contributed by atoms with van der Waals surface area (Å²) in [5, 5.41) is 0. The van der Waals surface area contributed by atoms with Crippen LogP contribution in [0.4, 0.5) is 57.1 Å². The molecular formula is C22H17F13O. The number of halogens is 13. The Hall–Kier alpha value is -2.51. The van der Waals surface area contributed by atoms with Crippen molar-refractivity contribution in [3.05, 3.63) is 60.2 Å². The Morgan fingerprint density at radius 1 is 0.583 bits per heavy atom. The summed E-state index contributed by atoms with van der Waals surface area (Å²) in [4.78, 5) is 0. The molecule has 0 fully saturated rings. The molecule has 1 atom stereocenters. The van der Waals surface area contributed by atoms with Crippen molar-refractivity contribution in [3.8, 4) is 11.1 Å². The predicted molar refractivity (Wildman–Crippen MR) is 102 cm³/mol. The zero-order valence-corrected chi connectivity index (χ0v) is 18.2. The minimum atomic E-state index is -7.95. The van der Waals surface area contributed by atoms with Crippen LogP contribution in [0.25, 0.3) is 11.1 Å². The minimum absolute atomic E-state index is 0.0715. The first-order valence-electron chi connectivity index (χ1n) is 9.76. The van der Waals surface area contributed by atoms with Crippen LogP contribution in [0.3, 0.4) is 0 Å². The molecule has 1 unspecified atom stereocenters. The fraction of sp³-hybridized carbons (Fsp3) is 0.455. The standard InChI is InChI=1S/C22H17F13O/c1-16(36-2,15-11-7-6-10-14(15)13-8-4-3-5-9-13)12-17(23,24)18(25,26)19(27,28)20(29,30)21(31,32)22(33,34)35/h3-11H,12H2,1-2H3.